The highest BCUT2D eigenvalue weighted by atomic mass is 19.4. The zero-order chi connectivity index (χ0) is 15.3. The molecule has 2 saturated carbocycles. The van der Waals surface area contributed by atoms with Gasteiger partial charge in [0, 0.05) is 0 Å². The second-order valence-electron chi connectivity index (χ2n) is 6.46. The first-order valence-corrected chi connectivity index (χ1v) is 7.52. The Morgan fingerprint density at radius 1 is 1.14 bits per heavy atom. The van der Waals surface area contributed by atoms with E-state index in [1.165, 1.54) is 0 Å². The maximum Gasteiger partial charge on any atom is 0.406 e. The molecule has 3 rings (SSSR count). The molecule has 21 heavy (non-hydrogen) atoms. The number of piperazine rings is 1. The summed E-state index contributed by atoms with van der Waals surface area (Å²) in [4.78, 5) is 25.8. The number of nitrogens with zero attached hydrogens (tertiary/aromatic N) is 1. The van der Waals surface area contributed by atoms with Crippen LogP contribution in [0.2, 0.25) is 0 Å². The van der Waals surface area contributed by atoms with Gasteiger partial charge in [0.15, 0.2) is 0 Å². The molecule has 4 nitrogen and oxygen atoms in total. The lowest BCUT2D eigenvalue weighted by atomic mass is 9.78. The summed E-state index contributed by atoms with van der Waals surface area (Å²) in [5, 5.41) is 2.77. The Morgan fingerprint density at radius 2 is 1.76 bits per heavy atom. The molecule has 0 aromatic heterocycles. The molecule has 1 spiro atoms. The lowest BCUT2D eigenvalue weighted by Gasteiger charge is -2.48. The predicted molar refractivity (Wildman–Crippen MR) is 68.2 cm³/mol. The van der Waals surface area contributed by atoms with E-state index in [0.29, 0.717) is 25.7 Å². The van der Waals surface area contributed by atoms with E-state index in [1.54, 1.807) is 0 Å². The summed E-state index contributed by atoms with van der Waals surface area (Å²) in [6.07, 6.45) is 0.332. The third-order valence-electron chi connectivity index (χ3n) is 4.76. The molecule has 0 aromatic carbocycles. The summed E-state index contributed by atoms with van der Waals surface area (Å²) in [6.45, 7) is -1.32. The van der Waals surface area contributed by atoms with Gasteiger partial charge in [-0.3, -0.25) is 9.59 Å². The van der Waals surface area contributed by atoms with Gasteiger partial charge in [-0.1, -0.05) is 19.3 Å². The van der Waals surface area contributed by atoms with Crippen molar-refractivity contribution in [3.05, 3.63) is 0 Å². The first kappa shape index (κ1) is 14.7. The molecule has 7 heteroatoms. The molecule has 118 valence electrons. The smallest absolute Gasteiger partial charge is 0.340 e. The summed E-state index contributed by atoms with van der Waals surface area (Å²) in [7, 11) is 0. The van der Waals surface area contributed by atoms with Gasteiger partial charge in [0.2, 0.25) is 11.8 Å². The van der Waals surface area contributed by atoms with Crippen molar-refractivity contribution < 1.29 is 22.8 Å². The normalized spacial score (nSPS) is 29.7. The van der Waals surface area contributed by atoms with Gasteiger partial charge in [-0.15, -0.1) is 0 Å². The number of carbonyl (C=O) groups excluding carboxylic acids is 2. The lowest BCUT2D eigenvalue weighted by molar-refractivity contribution is -0.180. The largest absolute Gasteiger partial charge is 0.406 e. The maximum absolute atomic E-state index is 12.8. The van der Waals surface area contributed by atoms with Gasteiger partial charge in [-0.05, 0) is 31.6 Å². The molecule has 2 aliphatic carbocycles. The van der Waals surface area contributed by atoms with Crippen LogP contribution >= 0.6 is 0 Å². The van der Waals surface area contributed by atoms with Crippen molar-refractivity contribution in [2.45, 2.75) is 62.7 Å². The van der Waals surface area contributed by atoms with Crippen molar-refractivity contribution in [3.63, 3.8) is 0 Å². The van der Waals surface area contributed by atoms with Crippen LogP contribution in [-0.4, -0.2) is 41.0 Å². The Balaban J connectivity index is 1.89. The van der Waals surface area contributed by atoms with Crippen LogP contribution < -0.4 is 5.32 Å². The van der Waals surface area contributed by atoms with E-state index in [9.17, 15) is 22.8 Å². The SMILES string of the molecule is O=C1NC2(CCCCC2)C(=O)N(CC(F)(F)F)C1C1CC1. The number of carbonyl (C=O) groups is 2. The van der Waals surface area contributed by atoms with Gasteiger partial charge in [0.25, 0.3) is 0 Å². The average molecular weight is 304 g/mol. The molecule has 1 atom stereocenters. The van der Waals surface area contributed by atoms with Crippen LogP contribution in [0.5, 0.6) is 0 Å². The van der Waals surface area contributed by atoms with E-state index in [0.717, 1.165) is 24.2 Å². The molecular weight excluding hydrogens is 285 g/mol. The minimum absolute atomic E-state index is 0.114. The topological polar surface area (TPSA) is 49.4 Å². The van der Waals surface area contributed by atoms with E-state index in [1.807, 2.05) is 0 Å². The van der Waals surface area contributed by atoms with E-state index >= 15 is 0 Å². The molecule has 0 aromatic rings. The molecule has 3 fully saturated rings. The second-order valence-corrected chi connectivity index (χ2v) is 6.46. The van der Waals surface area contributed by atoms with Crippen molar-refractivity contribution in [1.82, 2.24) is 10.2 Å². The molecule has 1 unspecified atom stereocenters. The highest BCUT2D eigenvalue weighted by Gasteiger charge is 2.56. The average Bonchev–Trinajstić information content (AvgIpc) is 3.20. The van der Waals surface area contributed by atoms with E-state index < -0.39 is 36.1 Å². The zero-order valence-electron chi connectivity index (χ0n) is 11.7. The van der Waals surface area contributed by atoms with Gasteiger partial charge in [-0.25, -0.2) is 0 Å². The van der Waals surface area contributed by atoms with Crippen LogP contribution in [-0.2, 0) is 9.59 Å². The molecule has 0 radical (unpaired) electrons. The Labute approximate surface area is 121 Å². The molecular formula is C14H19F3N2O2. The Kier molecular flexibility index (Phi) is 3.41. The number of hydrogen-bond donors (Lipinski definition) is 1. The molecule has 2 amide bonds. The number of nitrogens with one attached hydrogen (secondary N) is 1. The molecule has 1 aliphatic heterocycles. The summed E-state index contributed by atoms with van der Waals surface area (Å²) < 4.78 is 38.5. The fraction of sp³-hybridized carbons (Fsp3) is 0.857. The highest BCUT2D eigenvalue weighted by Crippen LogP contribution is 2.42. The molecule has 1 N–H and O–H groups in total. The summed E-state index contributed by atoms with van der Waals surface area (Å²) in [5.74, 6) is -1.04. The maximum atomic E-state index is 12.8. The van der Waals surface area contributed by atoms with Crippen molar-refractivity contribution in [3.8, 4) is 0 Å². The predicted octanol–water partition coefficient (Wildman–Crippen LogP) is 1.99. The van der Waals surface area contributed by atoms with Crippen LogP contribution in [0.3, 0.4) is 0 Å². The van der Waals surface area contributed by atoms with Crippen LogP contribution in [0.25, 0.3) is 0 Å². The van der Waals surface area contributed by atoms with E-state index in [-0.39, 0.29) is 5.92 Å². The van der Waals surface area contributed by atoms with Crippen molar-refractivity contribution >= 4 is 11.8 Å². The third-order valence-corrected chi connectivity index (χ3v) is 4.76. The summed E-state index contributed by atoms with van der Waals surface area (Å²) >= 11 is 0. The van der Waals surface area contributed by atoms with E-state index in [4.69, 9.17) is 0 Å². The number of alkyl halides is 3. The van der Waals surface area contributed by atoms with Crippen LogP contribution in [0.4, 0.5) is 13.2 Å². The standard InChI is InChI=1S/C14H19F3N2O2/c15-14(16,17)8-19-10(9-4-5-9)11(20)18-13(12(19)21)6-2-1-3-7-13/h9-10H,1-8H2,(H,18,20). The van der Waals surface area contributed by atoms with Gasteiger partial charge in [0.1, 0.15) is 18.1 Å². The van der Waals surface area contributed by atoms with Crippen molar-refractivity contribution in [2.75, 3.05) is 6.54 Å². The first-order chi connectivity index (χ1) is 9.82. The fourth-order valence-corrected chi connectivity index (χ4v) is 3.64. The molecule has 0 bridgehead atoms. The molecule has 3 aliphatic rings. The van der Waals surface area contributed by atoms with Gasteiger partial charge in [0.05, 0.1) is 0 Å². The highest BCUT2D eigenvalue weighted by molar-refractivity contribution is 6.00. The Morgan fingerprint density at radius 3 is 2.29 bits per heavy atom. The molecule has 1 heterocycles. The van der Waals surface area contributed by atoms with Crippen LogP contribution in [0.15, 0.2) is 0 Å². The quantitative estimate of drug-likeness (QED) is 0.848. The molecule has 1 saturated heterocycles. The summed E-state index contributed by atoms with van der Waals surface area (Å²) in [5.41, 5.74) is -1.09. The second kappa shape index (κ2) is 4.88. The van der Waals surface area contributed by atoms with Crippen LogP contribution in [0, 0.1) is 5.92 Å². The minimum atomic E-state index is -4.48. The third kappa shape index (κ3) is 2.74. The van der Waals surface area contributed by atoms with Gasteiger partial charge in [-0.2, -0.15) is 13.2 Å². The fourth-order valence-electron chi connectivity index (χ4n) is 3.64. The monoisotopic (exact) mass is 304 g/mol. The lowest BCUT2D eigenvalue weighted by Crippen LogP contribution is -2.72. The Bertz CT molecular complexity index is 454. The first-order valence-electron chi connectivity index (χ1n) is 7.52. The Hall–Kier alpha value is -1.27. The van der Waals surface area contributed by atoms with Crippen molar-refractivity contribution in [2.24, 2.45) is 5.92 Å². The van der Waals surface area contributed by atoms with Gasteiger partial charge >= 0.3 is 6.18 Å². The number of hydrogen-bond acceptors (Lipinski definition) is 2. The minimum Gasteiger partial charge on any atom is -0.340 e. The van der Waals surface area contributed by atoms with Crippen molar-refractivity contribution in [1.29, 1.82) is 0 Å². The van der Waals surface area contributed by atoms with E-state index in [2.05, 4.69) is 5.32 Å². The number of amides is 2. The summed E-state index contributed by atoms with van der Waals surface area (Å²) in [6, 6.07) is -0.938. The van der Waals surface area contributed by atoms with Gasteiger partial charge < -0.3 is 10.2 Å². The zero-order valence-corrected chi connectivity index (χ0v) is 11.7. The number of rotatable bonds is 2. The van der Waals surface area contributed by atoms with Crippen LogP contribution in [0.1, 0.15) is 44.9 Å². The number of halogens is 3.